The first-order chi connectivity index (χ1) is 11.7. The van der Waals surface area contributed by atoms with Crippen molar-refractivity contribution >= 4 is 29.0 Å². The van der Waals surface area contributed by atoms with Gasteiger partial charge in [-0.05, 0) is 36.6 Å². The topological polar surface area (TPSA) is 36.8 Å². The van der Waals surface area contributed by atoms with E-state index in [1.54, 1.807) is 11.8 Å². The predicted octanol–water partition coefficient (Wildman–Crippen LogP) is 1.75. The van der Waals surface area contributed by atoms with Gasteiger partial charge in [-0.2, -0.15) is 0 Å². The van der Waals surface area contributed by atoms with Crippen molar-refractivity contribution in [2.24, 2.45) is 0 Å². The first-order valence-electron chi connectivity index (χ1n) is 8.32. The predicted molar refractivity (Wildman–Crippen MR) is 101 cm³/mol. The second kappa shape index (κ2) is 8.22. The van der Waals surface area contributed by atoms with E-state index in [1.807, 2.05) is 36.6 Å². The third-order valence-corrected chi connectivity index (χ3v) is 5.08. The number of quaternary nitrogens is 1. The molecule has 0 bridgehead atoms. The molecule has 0 unspecified atom stereocenters. The number of nitrogens with zero attached hydrogens (tertiary/aromatic N) is 1. The van der Waals surface area contributed by atoms with E-state index in [-0.39, 0.29) is 5.91 Å². The Bertz CT molecular complexity index is 669. The lowest BCUT2D eigenvalue weighted by Gasteiger charge is -2.33. The molecule has 0 aromatic heterocycles. The Kier molecular flexibility index (Phi) is 5.77. The maximum atomic E-state index is 12.3. The molecule has 1 saturated heterocycles. The van der Waals surface area contributed by atoms with Crippen molar-refractivity contribution in [2.75, 3.05) is 49.2 Å². The van der Waals surface area contributed by atoms with Gasteiger partial charge in [0.2, 0.25) is 0 Å². The van der Waals surface area contributed by atoms with Crippen LogP contribution < -0.4 is 15.1 Å². The van der Waals surface area contributed by atoms with Crippen molar-refractivity contribution in [3.05, 3.63) is 54.6 Å². The van der Waals surface area contributed by atoms with Crippen LogP contribution >= 0.6 is 11.8 Å². The van der Waals surface area contributed by atoms with Crippen molar-refractivity contribution in [1.82, 2.24) is 0 Å². The molecule has 1 heterocycles. The summed E-state index contributed by atoms with van der Waals surface area (Å²) in [6, 6.07) is 18.5. The van der Waals surface area contributed by atoms with E-state index >= 15 is 0 Å². The highest BCUT2D eigenvalue weighted by Crippen LogP contribution is 2.18. The standard InChI is InChI=1S/C19H23N3OS/c1-24-18-9-5-6-16(14-18)20-19(23)15-21-10-12-22(13-11-21)17-7-3-2-4-8-17/h2-9,14H,10-13,15H2,1H3,(H,20,23)/p+1. The summed E-state index contributed by atoms with van der Waals surface area (Å²) >= 11 is 1.68. The summed E-state index contributed by atoms with van der Waals surface area (Å²) in [5, 5.41) is 3.02. The zero-order valence-corrected chi connectivity index (χ0v) is 14.8. The van der Waals surface area contributed by atoms with Gasteiger partial charge < -0.3 is 15.1 Å². The van der Waals surface area contributed by atoms with Gasteiger partial charge in [-0.1, -0.05) is 24.3 Å². The van der Waals surface area contributed by atoms with E-state index in [9.17, 15) is 4.79 Å². The summed E-state index contributed by atoms with van der Waals surface area (Å²) in [5.41, 5.74) is 2.16. The molecule has 0 saturated carbocycles. The van der Waals surface area contributed by atoms with Gasteiger partial charge in [0.1, 0.15) is 0 Å². The number of hydrogen-bond acceptors (Lipinski definition) is 3. The molecule has 0 spiro atoms. The number of piperazine rings is 1. The van der Waals surface area contributed by atoms with E-state index in [1.165, 1.54) is 10.6 Å². The van der Waals surface area contributed by atoms with Crippen LogP contribution in [0, 0.1) is 0 Å². The second-order valence-corrected chi connectivity index (χ2v) is 6.91. The minimum Gasteiger partial charge on any atom is -0.360 e. The van der Waals surface area contributed by atoms with Gasteiger partial charge in [0.05, 0.1) is 26.2 Å². The zero-order valence-electron chi connectivity index (χ0n) is 14.0. The van der Waals surface area contributed by atoms with Crippen LogP contribution in [-0.4, -0.2) is 44.9 Å². The number of benzene rings is 2. The van der Waals surface area contributed by atoms with Crippen molar-refractivity contribution in [1.29, 1.82) is 0 Å². The molecule has 0 aliphatic carbocycles. The third-order valence-electron chi connectivity index (χ3n) is 4.36. The first kappa shape index (κ1) is 16.9. The van der Waals surface area contributed by atoms with Crippen LogP contribution in [-0.2, 0) is 4.79 Å². The molecule has 126 valence electrons. The number of anilines is 2. The van der Waals surface area contributed by atoms with E-state index in [0.29, 0.717) is 6.54 Å². The fourth-order valence-electron chi connectivity index (χ4n) is 3.03. The van der Waals surface area contributed by atoms with Crippen molar-refractivity contribution in [2.45, 2.75) is 4.90 Å². The average Bonchev–Trinajstić information content (AvgIpc) is 2.63. The van der Waals surface area contributed by atoms with Gasteiger partial charge in [-0.3, -0.25) is 4.79 Å². The Hall–Kier alpha value is -1.98. The van der Waals surface area contributed by atoms with Crippen LogP contribution in [0.25, 0.3) is 0 Å². The van der Waals surface area contributed by atoms with E-state index in [4.69, 9.17) is 0 Å². The SMILES string of the molecule is CSc1cccc(NC(=O)C[NH+]2CCN(c3ccccc3)CC2)c1. The number of amides is 1. The molecule has 24 heavy (non-hydrogen) atoms. The summed E-state index contributed by atoms with van der Waals surface area (Å²) in [7, 11) is 0. The molecular weight excluding hydrogens is 318 g/mol. The molecule has 0 atom stereocenters. The lowest BCUT2D eigenvalue weighted by Crippen LogP contribution is -3.15. The molecule has 1 amide bonds. The van der Waals surface area contributed by atoms with Crippen molar-refractivity contribution in [3.8, 4) is 0 Å². The number of para-hydroxylation sites is 1. The molecule has 0 radical (unpaired) electrons. The Morgan fingerprint density at radius 1 is 1.12 bits per heavy atom. The highest BCUT2D eigenvalue weighted by molar-refractivity contribution is 7.98. The highest BCUT2D eigenvalue weighted by Gasteiger charge is 2.22. The third kappa shape index (κ3) is 4.52. The number of carbonyl (C=O) groups is 1. The van der Waals surface area contributed by atoms with Crippen molar-refractivity contribution in [3.63, 3.8) is 0 Å². The minimum atomic E-state index is 0.0939. The van der Waals surface area contributed by atoms with Crippen LogP contribution in [0.5, 0.6) is 0 Å². The molecule has 1 aliphatic heterocycles. The number of hydrogen-bond donors (Lipinski definition) is 2. The molecule has 3 rings (SSSR count). The smallest absolute Gasteiger partial charge is 0.279 e. The Balaban J connectivity index is 1.48. The van der Waals surface area contributed by atoms with Gasteiger partial charge in [-0.15, -0.1) is 11.8 Å². The highest BCUT2D eigenvalue weighted by atomic mass is 32.2. The van der Waals surface area contributed by atoms with Gasteiger partial charge in [0.25, 0.3) is 5.91 Å². The monoisotopic (exact) mass is 342 g/mol. The summed E-state index contributed by atoms with van der Waals surface area (Å²) in [6.45, 7) is 4.51. The number of carbonyl (C=O) groups excluding carboxylic acids is 1. The fraction of sp³-hybridized carbons (Fsp3) is 0.316. The Morgan fingerprint density at radius 3 is 2.58 bits per heavy atom. The molecule has 4 nitrogen and oxygen atoms in total. The van der Waals surface area contributed by atoms with Gasteiger partial charge in [0.15, 0.2) is 6.54 Å². The molecule has 1 aliphatic rings. The molecule has 5 heteroatoms. The molecular formula is C19H24N3OS+. The van der Waals surface area contributed by atoms with E-state index < -0.39 is 0 Å². The molecule has 1 fully saturated rings. The second-order valence-electron chi connectivity index (χ2n) is 6.03. The van der Waals surface area contributed by atoms with E-state index in [2.05, 4.69) is 34.5 Å². The first-order valence-corrected chi connectivity index (χ1v) is 9.54. The summed E-state index contributed by atoms with van der Waals surface area (Å²) in [5.74, 6) is 0.0939. The molecule has 2 N–H and O–H groups in total. The van der Waals surface area contributed by atoms with Crippen LogP contribution in [0.3, 0.4) is 0 Å². The van der Waals surface area contributed by atoms with Crippen LogP contribution in [0.15, 0.2) is 59.5 Å². The summed E-state index contributed by atoms with van der Waals surface area (Å²) in [6.07, 6.45) is 2.04. The maximum absolute atomic E-state index is 12.3. The van der Waals surface area contributed by atoms with E-state index in [0.717, 1.165) is 36.8 Å². The average molecular weight is 342 g/mol. The van der Waals surface area contributed by atoms with Crippen LogP contribution in [0.4, 0.5) is 11.4 Å². The fourth-order valence-corrected chi connectivity index (χ4v) is 3.49. The summed E-state index contributed by atoms with van der Waals surface area (Å²) in [4.78, 5) is 17.2. The lowest BCUT2D eigenvalue weighted by molar-refractivity contribution is -0.892. The van der Waals surface area contributed by atoms with Crippen molar-refractivity contribution < 1.29 is 9.69 Å². The van der Waals surface area contributed by atoms with Gasteiger partial charge in [-0.25, -0.2) is 0 Å². The summed E-state index contributed by atoms with van der Waals surface area (Å²) < 4.78 is 0. The molecule has 2 aromatic rings. The quantitative estimate of drug-likeness (QED) is 0.813. The number of rotatable bonds is 5. The Morgan fingerprint density at radius 2 is 1.88 bits per heavy atom. The van der Waals surface area contributed by atoms with Gasteiger partial charge in [0, 0.05) is 16.3 Å². The number of nitrogens with one attached hydrogen (secondary N) is 2. The van der Waals surface area contributed by atoms with Gasteiger partial charge >= 0.3 is 0 Å². The Labute approximate surface area is 147 Å². The minimum absolute atomic E-state index is 0.0939. The van der Waals surface area contributed by atoms with Crippen LogP contribution in [0.1, 0.15) is 0 Å². The number of thioether (sulfide) groups is 1. The zero-order chi connectivity index (χ0) is 16.8. The normalized spacial score (nSPS) is 15.3. The van der Waals surface area contributed by atoms with Crippen LogP contribution in [0.2, 0.25) is 0 Å². The largest absolute Gasteiger partial charge is 0.360 e. The molecule has 2 aromatic carbocycles. The lowest BCUT2D eigenvalue weighted by atomic mass is 10.2. The maximum Gasteiger partial charge on any atom is 0.279 e.